The van der Waals surface area contributed by atoms with Crippen LogP contribution in [0.5, 0.6) is 0 Å². The van der Waals surface area contributed by atoms with E-state index < -0.39 is 0 Å². The molecule has 4 rings (SSSR count). The molecule has 1 amide bonds. The summed E-state index contributed by atoms with van der Waals surface area (Å²) < 4.78 is 3.02. The normalized spacial score (nSPS) is 16.6. The van der Waals surface area contributed by atoms with Crippen molar-refractivity contribution in [3.05, 3.63) is 68.0 Å². The fourth-order valence-corrected chi connectivity index (χ4v) is 4.75. The van der Waals surface area contributed by atoms with Crippen molar-refractivity contribution in [1.29, 1.82) is 0 Å². The number of hydrogen-bond donors (Lipinski definition) is 1. The Bertz CT molecular complexity index is 985. The van der Waals surface area contributed by atoms with Crippen LogP contribution in [0.15, 0.2) is 39.9 Å². The molecule has 0 radical (unpaired) electrons. The quantitative estimate of drug-likeness (QED) is 0.816. The van der Waals surface area contributed by atoms with Crippen molar-refractivity contribution in [3.8, 4) is 0 Å². The number of carbonyl (C=O) groups excluding carboxylic acids is 1. The zero-order valence-electron chi connectivity index (χ0n) is 16.9. The van der Waals surface area contributed by atoms with Gasteiger partial charge >= 0.3 is 5.69 Å². The standard InChI is InChI=1S/C23H29N3O3/c27-21(24-15-14-17-8-3-1-4-9-17)16-25-20-13-7-12-19(20)22(28)26(23(25)29)18-10-5-2-6-11-18/h1,3-4,8-9,18H,2,5-7,10-16H2,(H,24,27). The lowest BCUT2D eigenvalue weighted by atomic mass is 9.95. The van der Waals surface area contributed by atoms with Gasteiger partial charge in [-0.3, -0.25) is 18.7 Å². The van der Waals surface area contributed by atoms with Gasteiger partial charge in [-0.2, -0.15) is 0 Å². The maximum absolute atomic E-state index is 13.2. The van der Waals surface area contributed by atoms with Gasteiger partial charge in [-0.15, -0.1) is 0 Å². The minimum absolute atomic E-state index is 0.0110. The second-order valence-corrected chi connectivity index (χ2v) is 8.20. The second kappa shape index (κ2) is 8.80. The molecule has 6 nitrogen and oxygen atoms in total. The molecule has 0 saturated heterocycles. The third-order valence-corrected chi connectivity index (χ3v) is 6.25. The van der Waals surface area contributed by atoms with E-state index in [2.05, 4.69) is 5.32 Å². The summed E-state index contributed by atoms with van der Waals surface area (Å²) in [5, 5.41) is 2.93. The lowest BCUT2D eigenvalue weighted by Gasteiger charge is -2.25. The molecule has 29 heavy (non-hydrogen) atoms. The summed E-state index contributed by atoms with van der Waals surface area (Å²) in [5.41, 5.74) is 2.25. The molecule has 0 bridgehead atoms. The Kier molecular flexibility index (Phi) is 5.97. The maximum atomic E-state index is 13.2. The lowest BCUT2D eigenvalue weighted by molar-refractivity contribution is -0.121. The number of benzene rings is 1. The van der Waals surface area contributed by atoms with E-state index in [0.717, 1.165) is 61.8 Å². The third kappa shape index (κ3) is 4.21. The number of hydrogen-bond acceptors (Lipinski definition) is 3. The predicted octanol–water partition coefficient (Wildman–Crippen LogP) is 2.36. The van der Waals surface area contributed by atoms with E-state index in [-0.39, 0.29) is 29.7 Å². The van der Waals surface area contributed by atoms with Crippen LogP contribution in [0, 0.1) is 0 Å². The minimum Gasteiger partial charge on any atom is -0.354 e. The van der Waals surface area contributed by atoms with Gasteiger partial charge in [0.25, 0.3) is 5.56 Å². The smallest absolute Gasteiger partial charge is 0.331 e. The Morgan fingerprint density at radius 1 is 1.00 bits per heavy atom. The first-order valence-corrected chi connectivity index (χ1v) is 10.8. The number of carbonyl (C=O) groups is 1. The Morgan fingerprint density at radius 2 is 1.76 bits per heavy atom. The number of nitrogens with zero attached hydrogens (tertiary/aromatic N) is 2. The van der Waals surface area contributed by atoms with Crippen LogP contribution in [-0.4, -0.2) is 21.6 Å². The van der Waals surface area contributed by atoms with E-state index in [0.29, 0.717) is 19.4 Å². The molecule has 1 saturated carbocycles. The second-order valence-electron chi connectivity index (χ2n) is 8.20. The number of rotatable bonds is 6. The molecule has 1 aromatic carbocycles. The number of fused-ring (bicyclic) bond motifs is 1. The summed E-state index contributed by atoms with van der Waals surface area (Å²) in [6, 6.07) is 9.97. The van der Waals surface area contributed by atoms with Crippen LogP contribution in [0.3, 0.4) is 0 Å². The zero-order chi connectivity index (χ0) is 20.2. The molecule has 2 aromatic rings. The number of nitrogens with one attached hydrogen (secondary N) is 1. The summed E-state index contributed by atoms with van der Waals surface area (Å²) >= 11 is 0. The highest BCUT2D eigenvalue weighted by Gasteiger charge is 2.27. The molecular formula is C23H29N3O3. The fraction of sp³-hybridized carbons (Fsp3) is 0.522. The molecule has 0 atom stereocenters. The first-order valence-electron chi connectivity index (χ1n) is 10.8. The van der Waals surface area contributed by atoms with Crippen molar-refractivity contribution in [3.63, 3.8) is 0 Å². The van der Waals surface area contributed by atoms with Gasteiger partial charge in [-0.25, -0.2) is 4.79 Å². The average molecular weight is 396 g/mol. The molecule has 1 fully saturated rings. The summed E-state index contributed by atoms with van der Waals surface area (Å²) in [4.78, 5) is 38.8. The van der Waals surface area contributed by atoms with Gasteiger partial charge in [-0.05, 0) is 44.1 Å². The molecule has 2 aliphatic carbocycles. The van der Waals surface area contributed by atoms with Crippen LogP contribution in [0.25, 0.3) is 0 Å². The first kappa shape index (κ1) is 19.7. The van der Waals surface area contributed by atoms with Crippen LogP contribution in [0.2, 0.25) is 0 Å². The molecule has 0 aliphatic heterocycles. The van der Waals surface area contributed by atoms with Gasteiger partial charge in [0.1, 0.15) is 6.54 Å². The van der Waals surface area contributed by atoms with Gasteiger partial charge in [0.05, 0.1) is 0 Å². The van der Waals surface area contributed by atoms with Crippen LogP contribution >= 0.6 is 0 Å². The van der Waals surface area contributed by atoms with E-state index in [1.807, 2.05) is 30.3 Å². The molecule has 1 heterocycles. The summed E-state index contributed by atoms with van der Waals surface area (Å²) in [5.74, 6) is -0.175. The summed E-state index contributed by atoms with van der Waals surface area (Å²) in [6.07, 6.45) is 8.03. The number of amides is 1. The molecule has 0 spiro atoms. The third-order valence-electron chi connectivity index (χ3n) is 6.25. The van der Waals surface area contributed by atoms with Gasteiger partial charge in [0, 0.05) is 23.8 Å². The van der Waals surface area contributed by atoms with Crippen molar-refractivity contribution in [2.24, 2.45) is 0 Å². The SMILES string of the molecule is O=C(Cn1c2c(c(=O)n(C3CCCCC3)c1=O)CCC2)NCCc1ccccc1. The monoisotopic (exact) mass is 395 g/mol. The molecule has 1 N–H and O–H groups in total. The van der Waals surface area contributed by atoms with E-state index >= 15 is 0 Å². The van der Waals surface area contributed by atoms with Crippen molar-refractivity contribution in [2.45, 2.75) is 70.4 Å². The van der Waals surface area contributed by atoms with E-state index in [1.165, 1.54) is 4.57 Å². The Labute approximate surface area is 170 Å². The van der Waals surface area contributed by atoms with Crippen molar-refractivity contribution < 1.29 is 4.79 Å². The van der Waals surface area contributed by atoms with Gasteiger partial charge in [0.15, 0.2) is 0 Å². The minimum atomic E-state index is -0.305. The number of aromatic nitrogens is 2. The van der Waals surface area contributed by atoms with E-state index in [4.69, 9.17) is 0 Å². The topological polar surface area (TPSA) is 73.1 Å². The maximum Gasteiger partial charge on any atom is 0.331 e. The van der Waals surface area contributed by atoms with Crippen LogP contribution < -0.4 is 16.6 Å². The Morgan fingerprint density at radius 3 is 2.52 bits per heavy atom. The van der Waals surface area contributed by atoms with Gasteiger partial charge < -0.3 is 5.32 Å². The molecule has 0 unspecified atom stereocenters. The van der Waals surface area contributed by atoms with E-state index in [1.54, 1.807) is 4.57 Å². The predicted molar refractivity (Wildman–Crippen MR) is 112 cm³/mol. The van der Waals surface area contributed by atoms with Gasteiger partial charge in [-0.1, -0.05) is 49.6 Å². The van der Waals surface area contributed by atoms with Crippen LogP contribution in [0.4, 0.5) is 0 Å². The fourth-order valence-electron chi connectivity index (χ4n) is 4.75. The molecular weight excluding hydrogens is 366 g/mol. The van der Waals surface area contributed by atoms with Crippen LogP contribution in [0.1, 0.15) is 61.4 Å². The molecule has 1 aromatic heterocycles. The summed E-state index contributed by atoms with van der Waals surface area (Å²) in [6.45, 7) is 0.519. The average Bonchev–Trinajstić information content (AvgIpc) is 3.23. The van der Waals surface area contributed by atoms with Crippen molar-refractivity contribution >= 4 is 5.91 Å². The first-order chi connectivity index (χ1) is 14.1. The van der Waals surface area contributed by atoms with E-state index in [9.17, 15) is 14.4 Å². The zero-order valence-corrected chi connectivity index (χ0v) is 16.9. The Hall–Kier alpha value is -2.63. The Balaban J connectivity index is 1.53. The van der Waals surface area contributed by atoms with Gasteiger partial charge in [0.2, 0.25) is 5.91 Å². The van der Waals surface area contributed by atoms with Crippen LogP contribution in [-0.2, 0) is 30.6 Å². The highest BCUT2D eigenvalue weighted by atomic mass is 16.2. The molecule has 2 aliphatic rings. The molecule has 6 heteroatoms. The van der Waals surface area contributed by atoms with Crippen molar-refractivity contribution in [1.82, 2.24) is 14.5 Å². The highest BCUT2D eigenvalue weighted by molar-refractivity contribution is 5.75. The highest BCUT2D eigenvalue weighted by Crippen LogP contribution is 2.27. The largest absolute Gasteiger partial charge is 0.354 e. The summed E-state index contributed by atoms with van der Waals surface area (Å²) in [7, 11) is 0. The van der Waals surface area contributed by atoms with Crippen molar-refractivity contribution in [2.75, 3.05) is 6.54 Å². The molecule has 154 valence electrons. The lowest BCUT2D eigenvalue weighted by Crippen LogP contribution is -2.47.